The van der Waals surface area contributed by atoms with Crippen molar-refractivity contribution in [3.05, 3.63) is 151 Å². The SMILES string of the molecule is CC(C)Oc1cccc(OC(C)C)c1-c1cccc(-c2c(OC(C)C)cccc2OC(C)C)c1P1C(c2cccc3ccccc23)CC(=O)CC1c1cccc2ccccc12. The predicted octanol–water partition coefficient (Wildman–Crippen LogP) is 14.4. The monoisotopic (exact) mass is 828 g/mol. The molecule has 61 heavy (non-hydrogen) atoms. The highest BCUT2D eigenvalue weighted by molar-refractivity contribution is 7.67. The molecule has 7 aromatic rings. The van der Waals surface area contributed by atoms with Crippen LogP contribution in [0, 0.1) is 0 Å². The molecule has 0 bridgehead atoms. The molecule has 5 nitrogen and oxygen atoms in total. The van der Waals surface area contributed by atoms with Gasteiger partial charge in [0.2, 0.25) is 0 Å². The second-order valence-electron chi connectivity index (χ2n) is 17.1. The first-order valence-electron chi connectivity index (χ1n) is 21.8. The van der Waals surface area contributed by atoms with Gasteiger partial charge in [0.05, 0.1) is 35.5 Å². The quantitative estimate of drug-likeness (QED) is 0.108. The number of hydrogen-bond acceptors (Lipinski definition) is 5. The molecule has 0 spiro atoms. The number of rotatable bonds is 13. The number of benzene rings is 7. The summed E-state index contributed by atoms with van der Waals surface area (Å²) in [4.78, 5) is 14.6. The van der Waals surface area contributed by atoms with Crippen molar-refractivity contribution in [2.24, 2.45) is 0 Å². The number of carbonyl (C=O) groups excluding carboxylic acids is 1. The summed E-state index contributed by atoms with van der Waals surface area (Å²) in [7, 11) is -1.28. The molecule has 312 valence electrons. The summed E-state index contributed by atoms with van der Waals surface area (Å²) < 4.78 is 27.0. The molecule has 0 amide bonds. The van der Waals surface area contributed by atoms with Gasteiger partial charge in [-0.05, 0) is 129 Å². The van der Waals surface area contributed by atoms with Gasteiger partial charge in [0, 0.05) is 24.2 Å². The van der Waals surface area contributed by atoms with E-state index in [0.717, 1.165) is 56.0 Å². The Kier molecular flexibility index (Phi) is 12.5. The molecule has 1 aliphatic rings. The van der Waals surface area contributed by atoms with Crippen LogP contribution in [0.15, 0.2) is 140 Å². The lowest BCUT2D eigenvalue weighted by atomic mass is 9.94. The number of carbonyl (C=O) groups is 1. The molecular weight excluding hydrogens is 772 g/mol. The van der Waals surface area contributed by atoms with Gasteiger partial charge in [0.1, 0.15) is 28.8 Å². The fourth-order valence-electron chi connectivity index (χ4n) is 9.03. The zero-order chi connectivity index (χ0) is 42.8. The first-order chi connectivity index (χ1) is 29.5. The maximum Gasteiger partial charge on any atom is 0.134 e. The molecule has 0 saturated carbocycles. The zero-order valence-corrected chi connectivity index (χ0v) is 37.5. The molecule has 0 aliphatic carbocycles. The fourth-order valence-corrected chi connectivity index (χ4v) is 12.9. The molecule has 2 unspecified atom stereocenters. The molecule has 0 N–H and O–H groups in total. The second kappa shape index (κ2) is 18.1. The van der Waals surface area contributed by atoms with Crippen LogP contribution in [0.4, 0.5) is 0 Å². The Labute approximate surface area is 362 Å². The summed E-state index contributed by atoms with van der Waals surface area (Å²) in [5.41, 5.74) is 5.98. The van der Waals surface area contributed by atoms with E-state index >= 15 is 0 Å². The normalized spacial score (nSPS) is 16.9. The zero-order valence-electron chi connectivity index (χ0n) is 36.6. The Hall–Kier alpha value is -5.64. The van der Waals surface area contributed by atoms with E-state index in [-0.39, 0.29) is 41.5 Å². The van der Waals surface area contributed by atoms with Crippen LogP contribution in [0.25, 0.3) is 43.8 Å². The average molecular weight is 829 g/mol. The van der Waals surface area contributed by atoms with Crippen LogP contribution in [0.2, 0.25) is 0 Å². The minimum Gasteiger partial charge on any atom is -0.490 e. The highest BCUT2D eigenvalue weighted by Crippen LogP contribution is 2.69. The number of ketones is 1. The molecule has 8 rings (SSSR count). The van der Waals surface area contributed by atoms with Gasteiger partial charge in [-0.25, -0.2) is 0 Å². The summed E-state index contributed by atoms with van der Waals surface area (Å²) in [5, 5.41) is 5.84. The topological polar surface area (TPSA) is 54.0 Å². The van der Waals surface area contributed by atoms with E-state index in [9.17, 15) is 4.79 Å². The molecule has 0 radical (unpaired) electrons. The molecule has 1 saturated heterocycles. The third-order valence-electron chi connectivity index (χ3n) is 11.1. The van der Waals surface area contributed by atoms with Crippen LogP contribution in [0.1, 0.15) is 90.7 Å². The Bertz CT molecular complexity index is 2430. The molecule has 2 atom stereocenters. The first-order valence-corrected chi connectivity index (χ1v) is 23.3. The van der Waals surface area contributed by atoms with Crippen molar-refractivity contribution >= 4 is 40.6 Å². The van der Waals surface area contributed by atoms with E-state index in [4.69, 9.17) is 18.9 Å². The summed E-state index contributed by atoms with van der Waals surface area (Å²) in [6.45, 7) is 16.5. The molecule has 1 heterocycles. The van der Waals surface area contributed by atoms with Gasteiger partial charge in [-0.2, -0.15) is 0 Å². The van der Waals surface area contributed by atoms with Crippen molar-refractivity contribution in [1.82, 2.24) is 0 Å². The smallest absolute Gasteiger partial charge is 0.134 e. The highest BCUT2D eigenvalue weighted by Gasteiger charge is 2.43. The molecule has 6 heteroatoms. The van der Waals surface area contributed by atoms with Crippen molar-refractivity contribution in [2.75, 3.05) is 0 Å². The van der Waals surface area contributed by atoms with Crippen LogP contribution < -0.4 is 24.3 Å². The van der Waals surface area contributed by atoms with Crippen LogP contribution in [0.3, 0.4) is 0 Å². The summed E-state index contributed by atoms with van der Waals surface area (Å²) in [6, 6.07) is 49.3. The van der Waals surface area contributed by atoms with Crippen molar-refractivity contribution in [1.29, 1.82) is 0 Å². The minimum absolute atomic E-state index is 0.0872. The number of ether oxygens (including phenoxy) is 4. The van der Waals surface area contributed by atoms with Crippen LogP contribution in [0.5, 0.6) is 23.0 Å². The molecule has 1 fully saturated rings. The Morgan fingerprint density at radius 1 is 0.426 bits per heavy atom. The summed E-state index contributed by atoms with van der Waals surface area (Å²) in [6.07, 6.45) is 0.500. The van der Waals surface area contributed by atoms with Crippen LogP contribution in [-0.4, -0.2) is 30.2 Å². The van der Waals surface area contributed by atoms with Crippen molar-refractivity contribution in [2.45, 2.75) is 104 Å². The predicted molar refractivity (Wildman–Crippen MR) is 255 cm³/mol. The third-order valence-corrected chi connectivity index (χ3v) is 14.4. The van der Waals surface area contributed by atoms with Gasteiger partial charge >= 0.3 is 0 Å². The van der Waals surface area contributed by atoms with Gasteiger partial charge in [-0.1, -0.05) is 123 Å². The van der Waals surface area contributed by atoms with Crippen LogP contribution >= 0.6 is 7.92 Å². The lowest BCUT2D eigenvalue weighted by Gasteiger charge is -2.42. The van der Waals surface area contributed by atoms with Crippen molar-refractivity contribution in [3.8, 4) is 45.3 Å². The maximum atomic E-state index is 14.6. The lowest BCUT2D eigenvalue weighted by Crippen LogP contribution is -2.26. The van der Waals surface area contributed by atoms with Gasteiger partial charge < -0.3 is 18.9 Å². The number of hydrogen-bond donors (Lipinski definition) is 0. The largest absolute Gasteiger partial charge is 0.490 e. The first kappa shape index (κ1) is 42.1. The minimum atomic E-state index is -1.28. The van der Waals surface area contributed by atoms with Crippen LogP contribution in [-0.2, 0) is 4.79 Å². The van der Waals surface area contributed by atoms with E-state index in [1.54, 1.807) is 0 Å². The Morgan fingerprint density at radius 3 is 1.13 bits per heavy atom. The second-order valence-corrected chi connectivity index (χ2v) is 19.7. The van der Waals surface area contributed by atoms with Gasteiger partial charge in [-0.15, -0.1) is 0 Å². The van der Waals surface area contributed by atoms with Gasteiger partial charge in [0.15, 0.2) is 0 Å². The van der Waals surface area contributed by atoms with Crippen molar-refractivity contribution < 1.29 is 23.7 Å². The molecule has 7 aromatic carbocycles. The summed E-state index contributed by atoms with van der Waals surface area (Å²) in [5.74, 6) is 3.28. The van der Waals surface area contributed by atoms with Gasteiger partial charge in [-0.3, -0.25) is 4.79 Å². The molecular formula is C55H57O5P. The Balaban J connectivity index is 1.56. The number of Topliss-reactive ketones (excluding diaryl/α,β-unsaturated/α-hetero) is 1. The van der Waals surface area contributed by atoms with E-state index < -0.39 is 7.92 Å². The standard InChI is InChI=1S/C55H57O5P/c1-34(2)57-47-28-16-29-48(58-35(3)4)53(47)45-26-15-27-46(54-49(59-36(5)6)30-17-31-50(54)60-37(7)8)55(45)61-51(43-24-13-20-38-18-9-11-22-41(38)43)32-40(56)33-52(61)44-25-14-21-39-19-10-12-23-42(39)44/h9-31,34-37,51-52H,32-33H2,1-8H3. The van der Waals surface area contributed by atoms with Gasteiger partial charge in [0.25, 0.3) is 0 Å². The van der Waals surface area contributed by atoms with E-state index in [1.165, 1.54) is 27.2 Å². The Morgan fingerprint density at radius 2 is 0.754 bits per heavy atom. The number of fused-ring (bicyclic) bond motifs is 2. The summed E-state index contributed by atoms with van der Waals surface area (Å²) >= 11 is 0. The maximum absolute atomic E-state index is 14.6. The van der Waals surface area contributed by atoms with E-state index in [1.807, 2.05) is 12.1 Å². The molecule has 0 aromatic heterocycles. The fraction of sp³-hybridized carbons (Fsp3) is 0.291. The lowest BCUT2D eigenvalue weighted by molar-refractivity contribution is -0.119. The third kappa shape index (κ3) is 8.77. The average Bonchev–Trinajstić information content (AvgIpc) is 3.22. The van der Waals surface area contributed by atoms with E-state index in [0.29, 0.717) is 12.8 Å². The molecule has 1 aliphatic heterocycles. The highest BCUT2D eigenvalue weighted by atomic mass is 31.1. The van der Waals surface area contributed by atoms with E-state index in [2.05, 4.69) is 183 Å². The van der Waals surface area contributed by atoms with Crippen molar-refractivity contribution in [3.63, 3.8) is 0 Å².